The molecule has 0 unspecified atom stereocenters. The lowest BCUT2D eigenvalue weighted by molar-refractivity contribution is -0.115. The second kappa shape index (κ2) is 8.11. The van der Waals surface area contributed by atoms with Gasteiger partial charge in [0.2, 0.25) is 5.91 Å². The lowest BCUT2D eigenvalue weighted by Crippen LogP contribution is -2.23. The van der Waals surface area contributed by atoms with Crippen LogP contribution in [0.1, 0.15) is 44.1 Å². The Morgan fingerprint density at radius 2 is 2.00 bits per heavy atom. The number of anilines is 1. The molecule has 1 atom stereocenters. The number of aromatic nitrogens is 4. The summed E-state index contributed by atoms with van der Waals surface area (Å²) in [5.74, 6) is 1.40. The van der Waals surface area contributed by atoms with Crippen LogP contribution in [0.3, 0.4) is 0 Å². The number of carbonyl (C=O) groups excluding carboxylic acids is 1. The molecule has 24 heavy (non-hydrogen) atoms. The summed E-state index contributed by atoms with van der Waals surface area (Å²) >= 11 is 2.94. The summed E-state index contributed by atoms with van der Waals surface area (Å²) in [5.41, 5.74) is 0.958. The molecule has 0 fully saturated rings. The number of hydrogen-bond donors (Lipinski definition) is 1. The molecule has 0 spiro atoms. The van der Waals surface area contributed by atoms with Gasteiger partial charge in [-0.3, -0.25) is 4.79 Å². The zero-order chi connectivity index (χ0) is 17.9. The van der Waals surface area contributed by atoms with Crippen LogP contribution < -0.4 is 5.32 Å². The van der Waals surface area contributed by atoms with Crippen molar-refractivity contribution in [3.8, 4) is 0 Å². The lowest BCUT2D eigenvalue weighted by Gasteiger charge is -2.14. The van der Waals surface area contributed by atoms with Gasteiger partial charge in [0.05, 0.1) is 10.9 Å². The molecule has 0 aliphatic heterocycles. The Kier molecular flexibility index (Phi) is 6.40. The fourth-order valence-electron chi connectivity index (χ4n) is 2.16. The van der Waals surface area contributed by atoms with E-state index in [1.807, 2.05) is 20.8 Å². The Bertz CT molecular complexity index is 688. The number of nitrogens with one attached hydrogen (secondary N) is 1. The Labute approximate surface area is 151 Å². The van der Waals surface area contributed by atoms with Crippen LogP contribution >= 0.6 is 23.1 Å². The first-order valence-electron chi connectivity index (χ1n) is 8.15. The highest BCUT2D eigenvalue weighted by Gasteiger charge is 2.21. The second-order valence-electron chi connectivity index (χ2n) is 6.17. The maximum atomic E-state index is 12.4. The van der Waals surface area contributed by atoms with E-state index in [9.17, 15) is 4.79 Å². The highest BCUT2D eigenvalue weighted by Crippen LogP contribution is 2.26. The number of nitrogens with zero attached hydrogens (tertiary/aromatic N) is 4. The zero-order valence-corrected chi connectivity index (χ0v) is 16.7. The van der Waals surface area contributed by atoms with Crippen molar-refractivity contribution in [2.24, 2.45) is 5.92 Å². The van der Waals surface area contributed by atoms with E-state index in [0.29, 0.717) is 11.0 Å². The van der Waals surface area contributed by atoms with Gasteiger partial charge in [0.25, 0.3) is 0 Å². The third-order valence-corrected chi connectivity index (χ3v) is 5.64. The van der Waals surface area contributed by atoms with E-state index in [1.54, 1.807) is 0 Å². The zero-order valence-electron chi connectivity index (χ0n) is 15.1. The van der Waals surface area contributed by atoms with E-state index in [2.05, 4.69) is 45.8 Å². The van der Waals surface area contributed by atoms with Crippen LogP contribution in [-0.4, -0.2) is 30.9 Å². The standard InChI is InChI=1S/C16H25N5OS2/c1-7-13-19-20-16(21(13)8-9(2)3)24-12(6)14(22)18-15-17-10(4)11(5)23-15/h9,12H,7-8H2,1-6H3,(H,17,18,22)/t12-/m1/s1. The van der Waals surface area contributed by atoms with Crippen molar-refractivity contribution in [2.75, 3.05) is 5.32 Å². The lowest BCUT2D eigenvalue weighted by atomic mass is 10.2. The molecular weight excluding hydrogens is 342 g/mol. The average Bonchev–Trinajstić information content (AvgIpc) is 3.02. The van der Waals surface area contributed by atoms with Crippen LogP contribution in [0.4, 0.5) is 5.13 Å². The molecular formula is C16H25N5OS2. The molecule has 2 aromatic heterocycles. The summed E-state index contributed by atoms with van der Waals surface area (Å²) in [7, 11) is 0. The first-order chi connectivity index (χ1) is 11.3. The van der Waals surface area contributed by atoms with Crippen molar-refractivity contribution in [2.45, 2.75) is 64.9 Å². The molecule has 0 radical (unpaired) electrons. The van der Waals surface area contributed by atoms with Crippen LogP contribution in [0, 0.1) is 19.8 Å². The summed E-state index contributed by atoms with van der Waals surface area (Å²) in [4.78, 5) is 17.9. The van der Waals surface area contributed by atoms with Gasteiger partial charge in [-0.2, -0.15) is 0 Å². The van der Waals surface area contributed by atoms with Gasteiger partial charge in [-0.15, -0.1) is 21.5 Å². The highest BCUT2D eigenvalue weighted by atomic mass is 32.2. The first-order valence-corrected chi connectivity index (χ1v) is 9.85. The molecule has 0 saturated heterocycles. The summed E-state index contributed by atoms with van der Waals surface area (Å²) in [6.07, 6.45) is 0.832. The van der Waals surface area contributed by atoms with Crippen molar-refractivity contribution in [3.63, 3.8) is 0 Å². The molecule has 6 nitrogen and oxygen atoms in total. The molecule has 1 amide bonds. The molecule has 0 bridgehead atoms. The van der Waals surface area contributed by atoms with Crippen molar-refractivity contribution < 1.29 is 4.79 Å². The van der Waals surface area contributed by atoms with Crippen LogP contribution in [0.15, 0.2) is 5.16 Å². The average molecular weight is 368 g/mol. The predicted octanol–water partition coefficient (Wildman–Crippen LogP) is 3.69. The van der Waals surface area contributed by atoms with Crippen LogP contribution in [-0.2, 0) is 17.8 Å². The van der Waals surface area contributed by atoms with Gasteiger partial charge in [-0.05, 0) is 26.7 Å². The Hall–Kier alpha value is -1.41. The molecule has 0 saturated carbocycles. The maximum absolute atomic E-state index is 12.4. The van der Waals surface area contributed by atoms with Gasteiger partial charge in [0.15, 0.2) is 10.3 Å². The van der Waals surface area contributed by atoms with Crippen molar-refractivity contribution >= 4 is 34.1 Å². The normalized spacial score (nSPS) is 12.6. The predicted molar refractivity (Wildman–Crippen MR) is 99.8 cm³/mol. The number of rotatable bonds is 7. The van der Waals surface area contributed by atoms with E-state index in [0.717, 1.165) is 34.5 Å². The van der Waals surface area contributed by atoms with Crippen molar-refractivity contribution in [1.82, 2.24) is 19.7 Å². The van der Waals surface area contributed by atoms with Crippen LogP contribution in [0.2, 0.25) is 0 Å². The van der Waals surface area contributed by atoms with Crippen LogP contribution in [0.5, 0.6) is 0 Å². The Morgan fingerprint density at radius 3 is 2.54 bits per heavy atom. The topological polar surface area (TPSA) is 72.7 Å². The smallest absolute Gasteiger partial charge is 0.239 e. The van der Waals surface area contributed by atoms with E-state index in [1.165, 1.54) is 23.1 Å². The van der Waals surface area contributed by atoms with Gasteiger partial charge in [-0.25, -0.2) is 4.98 Å². The van der Waals surface area contributed by atoms with Gasteiger partial charge in [0, 0.05) is 17.8 Å². The number of aryl methyl sites for hydroxylation is 3. The summed E-state index contributed by atoms with van der Waals surface area (Å²) in [6.45, 7) is 13.1. The molecule has 0 aromatic carbocycles. The van der Waals surface area contributed by atoms with Gasteiger partial charge in [-0.1, -0.05) is 32.5 Å². The molecule has 2 aromatic rings. The van der Waals surface area contributed by atoms with Crippen molar-refractivity contribution in [3.05, 3.63) is 16.4 Å². The van der Waals surface area contributed by atoms with E-state index in [4.69, 9.17) is 0 Å². The number of thioether (sulfide) groups is 1. The molecule has 8 heteroatoms. The molecule has 0 aliphatic rings. The van der Waals surface area contributed by atoms with E-state index in [-0.39, 0.29) is 11.2 Å². The van der Waals surface area contributed by atoms with E-state index >= 15 is 0 Å². The number of carbonyl (C=O) groups is 1. The van der Waals surface area contributed by atoms with Gasteiger partial charge >= 0.3 is 0 Å². The molecule has 0 aliphatic carbocycles. The number of thiazole rings is 1. The largest absolute Gasteiger partial charge is 0.306 e. The third-order valence-electron chi connectivity index (χ3n) is 3.57. The minimum Gasteiger partial charge on any atom is -0.306 e. The highest BCUT2D eigenvalue weighted by molar-refractivity contribution is 8.00. The van der Waals surface area contributed by atoms with Crippen molar-refractivity contribution in [1.29, 1.82) is 0 Å². The second-order valence-corrected chi connectivity index (χ2v) is 8.68. The van der Waals surface area contributed by atoms with Crippen LogP contribution in [0.25, 0.3) is 0 Å². The number of amides is 1. The minimum atomic E-state index is -0.269. The SMILES string of the molecule is CCc1nnc(S[C@H](C)C(=O)Nc2nc(C)c(C)s2)n1CC(C)C. The summed E-state index contributed by atoms with van der Waals surface area (Å²) in [6, 6.07) is 0. The molecule has 2 heterocycles. The molecule has 1 N–H and O–H groups in total. The minimum absolute atomic E-state index is 0.0640. The quantitative estimate of drug-likeness (QED) is 0.756. The van der Waals surface area contributed by atoms with E-state index < -0.39 is 0 Å². The third kappa shape index (κ3) is 4.57. The Morgan fingerprint density at radius 1 is 1.29 bits per heavy atom. The fourth-order valence-corrected chi connectivity index (χ4v) is 3.86. The summed E-state index contributed by atoms with van der Waals surface area (Å²) < 4.78 is 2.12. The summed E-state index contributed by atoms with van der Waals surface area (Å²) in [5, 5.41) is 12.6. The Balaban J connectivity index is 2.07. The molecule has 2 rings (SSSR count). The van der Waals surface area contributed by atoms with Gasteiger partial charge < -0.3 is 9.88 Å². The first kappa shape index (κ1) is 18.9. The molecule has 132 valence electrons. The fraction of sp³-hybridized carbons (Fsp3) is 0.625. The maximum Gasteiger partial charge on any atom is 0.239 e. The van der Waals surface area contributed by atoms with Gasteiger partial charge in [0.1, 0.15) is 5.82 Å². The number of hydrogen-bond acceptors (Lipinski definition) is 6. The monoisotopic (exact) mass is 367 g/mol.